The number of hydrogen-bond donors (Lipinski definition) is 2. The van der Waals surface area contributed by atoms with Crippen molar-refractivity contribution in [2.75, 3.05) is 4.72 Å². The van der Waals surface area contributed by atoms with Crippen LogP contribution in [0.1, 0.15) is 11.1 Å². The van der Waals surface area contributed by atoms with E-state index in [0.29, 0.717) is 10.0 Å². The molecule has 0 fully saturated rings. The average molecular weight is 374 g/mol. The number of aliphatic hydroxyl groups excluding tert-OH is 1. The van der Waals surface area contributed by atoms with Crippen LogP contribution in [-0.2, 0) is 16.6 Å². The van der Waals surface area contributed by atoms with Crippen molar-refractivity contribution in [3.05, 3.63) is 57.8 Å². The topological polar surface area (TPSA) is 66.4 Å². The lowest BCUT2D eigenvalue weighted by Crippen LogP contribution is -2.15. The Bertz CT molecular complexity index is 778. The zero-order valence-electron chi connectivity index (χ0n) is 11.1. The van der Waals surface area contributed by atoms with Crippen molar-refractivity contribution in [3.63, 3.8) is 0 Å². The molecule has 2 aromatic rings. The molecule has 4 nitrogen and oxygen atoms in total. The highest BCUT2D eigenvalue weighted by atomic mass is 79.9. The van der Waals surface area contributed by atoms with E-state index >= 15 is 0 Å². The second kappa shape index (κ2) is 6.13. The van der Waals surface area contributed by atoms with Gasteiger partial charge in [-0.3, -0.25) is 4.72 Å². The average Bonchev–Trinajstić information content (AvgIpc) is 2.43. The van der Waals surface area contributed by atoms with Crippen LogP contribution in [0.15, 0.2) is 45.8 Å². The van der Waals surface area contributed by atoms with E-state index < -0.39 is 15.8 Å². The first-order valence-electron chi connectivity index (χ1n) is 6.02. The third-order valence-corrected chi connectivity index (χ3v) is 5.32. The number of rotatable bonds is 4. The van der Waals surface area contributed by atoms with E-state index in [4.69, 9.17) is 5.11 Å². The first kappa shape index (κ1) is 15.9. The molecule has 0 heterocycles. The Balaban J connectivity index is 2.41. The van der Waals surface area contributed by atoms with Crippen LogP contribution in [0.4, 0.5) is 10.1 Å². The molecule has 112 valence electrons. The van der Waals surface area contributed by atoms with Crippen molar-refractivity contribution >= 4 is 31.6 Å². The first-order chi connectivity index (χ1) is 9.85. The molecule has 0 aliphatic carbocycles. The highest BCUT2D eigenvalue weighted by molar-refractivity contribution is 9.10. The van der Waals surface area contributed by atoms with Crippen LogP contribution in [0, 0.1) is 12.7 Å². The van der Waals surface area contributed by atoms with E-state index in [1.54, 1.807) is 0 Å². The summed E-state index contributed by atoms with van der Waals surface area (Å²) in [6, 6.07) is 8.60. The van der Waals surface area contributed by atoms with Gasteiger partial charge in [-0.1, -0.05) is 12.1 Å². The Morgan fingerprint density at radius 3 is 2.62 bits per heavy atom. The van der Waals surface area contributed by atoms with Crippen molar-refractivity contribution in [1.29, 1.82) is 0 Å². The summed E-state index contributed by atoms with van der Waals surface area (Å²) in [5.74, 6) is -0.482. The number of halogens is 2. The predicted octanol–water partition coefficient (Wildman–Crippen LogP) is 3.19. The second-order valence-corrected chi connectivity index (χ2v) is 6.95. The lowest BCUT2D eigenvalue weighted by atomic mass is 10.2. The lowest BCUT2D eigenvalue weighted by molar-refractivity contribution is 0.281. The van der Waals surface area contributed by atoms with Gasteiger partial charge in [0.1, 0.15) is 10.7 Å². The fourth-order valence-corrected chi connectivity index (χ4v) is 4.03. The monoisotopic (exact) mass is 373 g/mol. The van der Waals surface area contributed by atoms with E-state index in [1.165, 1.54) is 43.3 Å². The Labute approximate surface area is 130 Å². The van der Waals surface area contributed by atoms with Crippen molar-refractivity contribution < 1.29 is 17.9 Å². The second-order valence-electron chi connectivity index (χ2n) is 4.44. The van der Waals surface area contributed by atoms with Gasteiger partial charge in [0.15, 0.2) is 0 Å². The Morgan fingerprint density at radius 2 is 2.00 bits per heavy atom. The Kier molecular flexibility index (Phi) is 4.65. The van der Waals surface area contributed by atoms with Gasteiger partial charge in [0.25, 0.3) is 10.0 Å². The van der Waals surface area contributed by atoms with Crippen LogP contribution in [0.25, 0.3) is 0 Å². The molecule has 0 saturated heterocycles. The fourth-order valence-electron chi connectivity index (χ4n) is 1.78. The van der Waals surface area contributed by atoms with Gasteiger partial charge in [0.05, 0.1) is 12.3 Å². The van der Waals surface area contributed by atoms with Gasteiger partial charge in [0.2, 0.25) is 0 Å². The van der Waals surface area contributed by atoms with E-state index in [0.717, 1.165) is 0 Å². The van der Waals surface area contributed by atoms with Crippen LogP contribution in [-0.4, -0.2) is 13.5 Å². The minimum atomic E-state index is -3.85. The maximum Gasteiger partial charge on any atom is 0.263 e. The predicted molar refractivity (Wildman–Crippen MR) is 82.0 cm³/mol. The van der Waals surface area contributed by atoms with Crippen LogP contribution < -0.4 is 4.72 Å². The summed E-state index contributed by atoms with van der Waals surface area (Å²) in [5, 5.41) is 9.03. The number of aliphatic hydroxyl groups is 1. The third-order valence-electron chi connectivity index (χ3n) is 2.98. The molecule has 0 radical (unpaired) electrons. The molecule has 0 saturated carbocycles. The normalized spacial score (nSPS) is 11.4. The Morgan fingerprint density at radius 1 is 1.29 bits per heavy atom. The molecule has 2 rings (SSSR count). The molecule has 0 atom stereocenters. The maximum absolute atomic E-state index is 13.5. The fraction of sp³-hybridized carbons (Fsp3) is 0.143. The van der Waals surface area contributed by atoms with Crippen molar-refractivity contribution in [1.82, 2.24) is 0 Å². The lowest BCUT2D eigenvalue weighted by Gasteiger charge is -2.12. The van der Waals surface area contributed by atoms with E-state index in [2.05, 4.69) is 20.7 Å². The zero-order chi connectivity index (χ0) is 15.6. The van der Waals surface area contributed by atoms with Crippen molar-refractivity contribution in [3.8, 4) is 0 Å². The number of nitrogens with one attached hydrogen (secondary N) is 1. The SMILES string of the molecule is Cc1c(F)cccc1NS(=O)(=O)c1ccc(CO)cc1Br. The number of sulfonamides is 1. The van der Waals surface area contributed by atoms with Gasteiger partial charge < -0.3 is 5.11 Å². The minimum absolute atomic E-state index is 0.0170. The number of anilines is 1. The highest BCUT2D eigenvalue weighted by Gasteiger charge is 2.19. The summed E-state index contributed by atoms with van der Waals surface area (Å²) in [7, 11) is -3.85. The molecule has 2 N–H and O–H groups in total. The first-order valence-corrected chi connectivity index (χ1v) is 8.30. The van der Waals surface area contributed by atoms with Crippen LogP contribution >= 0.6 is 15.9 Å². The van der Waals surface area contributed by atoms with Crippen LogP contribution in [0.2, 0.25) is 0 Å². The molecule has 0 spiro atoms. The summed E-state index contributed by atoms with van der Waals surface area (Å²) in [6.45, 7) is 1.31. The molecule has 7 heteroatoms. The van der Waals surface area contributed by atoms with E-state index in [9.17, 15) is 12.8 Å². The molecule has 0 aliphatic rings. The van der Waals surface area contributed by atoms with Gasteiger partial charge in [0, 0.05) is 10.0 Å². The molecule has 0 unspecified atom stereocenters. The number of benzene rings is 2. The van der Waals surface area contributed by atoms with E-state index in [1.807, 2.05) is 0 Å². The molecule has 0 aromatic heterocycles. The smallest absolute Gasteiger partial charge is 0.263 e. The molecule has 0 amide bonds. The van der Waals surface area contributed by atoms with Crippen LogP contribution in [0.3, 0.4) is 0 Å². The van der Waals surface area contributed by atoms with Crippen molar-refractivity contribution in [2.45, 2.75) is 18.4 Å². The molecular formula is C14H13BrFNO3S. The molecule has 0 bridgehead atoms. The van der Waals surface area contributed by atoms with Gasteiger partial charge in [-0.15, -0.1) is 0 Å². The minimum Gasteiger partial charge on any atom is -0.392 e. The van der Waals surface area contributed by atoms with Gasteiger partial charge in [-0.05, 0) is 52.7 Å². The highest BCUT2D eigenvalue weighted by Crippen LogP contribution is 2.27. The quantitative estimate of drug-likeness (QED) is 0.864. The molecule has 2 aromatic carbocycles. The standard InChI is InChI=1S/C14H13BrFNO3S/c1-9-12(16)3-2-4-13(9)17-21(19,20)14-6-5-10(8-18)7-11(14)15/h2-7,17-18H,8H2,1H3. The summed E-state index contributed by atoms with van der Waals surface area (Å²) in [4.78, 5) is 0.0170. The number of hydrogen-bond acceptors (Lipinski definition) is 3. The third kappa shape index (κ3) is 3.42. The Hall–Kier alpha value is -1.44. The summed E-state index contributed by atoms with van der Waals surface area (Å²) in [5.41, 5.74) is 1.00. The molecular weight excluding hydrogens is 361 g/mol. The van der Waals surface area contributed by atoms with Gasteiger partial charge in [-0.25, -0.2) is 12.8 Å². The van der Waals surface area contributed by atoms with Gasteiger partial charge >= 0.3 is 0 Å². The maximum atomic E-state index is 13.5. The van der Waals surface area contributed by atoms with Gasteiger partial charge in [-0.2, -0.15) is 0 Å². The van der Waals surface area contributed by atoms with E-state index in [-0.39, 0.29) is 22.8 Å². The molecule has 0 aliphatic heterocycles. The summed E-state index contributed by atoms with van der Waals surface area (Å²) >= 11 is 3.17. The van der Waals surface area contributed by atoms with Crippen molar-refractivity contribution in [2.24, 2.45) is 0 Å². The van der Waals surface area contributed by atoms with Crippen LogP contribution in [0.5, 0.6) is 0 Å². The largest absolute Gasteiger partial charge is 0.392 e. The molecule has 21 heavy (non-hydrogen) atoms. The summed E-state index contributed by atoms with van der Waals surface area (Å²) in [6.07, 6.45) is 0. The summed E-state index contributed by atoms with van der Waals surface area (Å²) < 4.78 is 40.9. The zero-order valence-corrected chi connectivity index (χ0v) is 13.5.